The number of benzene rings is 1. The molecule has 94 valence electrons. The molecule has 0 radical (unpaired) electrons. The summed E-state index contributed by atoms with van der Waals surface area (Å²) in [6, 6.07) is 2.51. The van der Waals surface area contributed by atoms with Crippen LogP contribution in [-0.2, 0) is 4.79 Å². The Morgan fingerprint density at radius 3 is 2.82 bits per heavy atom. The van der Waals surface area contributed by atoms with Gasteiger partial charge >= 0.3 is 0 Å². The molecule has 0 bridgehead atoms. The number of phenols is 1. The highest BCUT2D eigenvalue weighted by atomic mass is 35.5. The number of phenolic OH excluding ortho intramolecular Hbond substituents is 1. The van der Waals surface area contributed by atoms with Crippen molar-refractivity contribution in [2.45, 2.75) is 13.0 Å². The number of hydrogen-bond donors (Lipinski definition) is 4. The first-order valence-electron chi connectivity index (χ1n) is 5.08. The fourth-order valence-corrected chi connectivity index (χ4v) is 1.54. The van der Waals surface area contributed by atoms with Crippen LogP contribution in [0.3, 0.4) is 0 Å². The maximum Gasteiger partial charge on any atom is 0.245 e. The van der Waals surface area contributed by atoms with E-state index in [-0.39, 0.29) is 12.3 Å². The fourth-order valence-electron chi connectivity index (χ4n) is 1.37. The molecule has 0 aliphatic rings. The van der Waals surface area contributed by atoms with Crippen LogP contribution in [0.1, 0.15) is 17.2 Å². The molecule has 0 aliphatic carbocycles. The third-order valence-electron chi connectivity index (χ3n) is 2.37. The fraction of sp³-hybridized carbons (Fsp3) is 0.364. The number of hydrogen-bond acceptors (Lipinski definition) is 4. The molecule has 1 atom stereocenters. The summed E-state index contributed by atoms with van der Waals surface area (Å²) in [6.07, 6.45) is 0. The number of aliphatic hydroxyl groups excluding tert-OH is 1. The van der Waals surface area contributed by atoms with Crippen LogP contribution >= 0.6 is 11.6 Å². The number of amides is 1. The molecule has 17 heavy (non-hydrogen) atoms. The molecular weight excluding hydrogens is 244 g/mol. The van der Waals surface area contributed by atoms with Crippen molar-refractivity contribution in [2.75, 3.05) is 13.2 Å². The molecule has 1 amide bonds. The van der Waals surface area contributed by atoms with Gasteiger partial charge in [-0.2, -0.15) is 0 Å². The first-order valence-corrected chi connectivity index (χ1v) is 5.45. The zero-order chi connectivity index (χ0) is 13.0. The van der Waals surface area contributed by atoms with Gasteiger partial charge in [0.15, 0.2) is 0 Å². The van der Waals surface area contributed by atoms with Gasteiger partial charge in [-0.25, -0.2) is 0 Å². The van der Waals surface area contributed by atoms with Crippen molar-refractivity contribution in [3.63, 3.8) is 0 Å². The summed E-state index contributed by atoms with van der Waals surface area (Å²) >= 11 is 5.93. The SMILES string of the molecule is Cc1cc(O)c(C(N)CNC(=O)CO)cc1Cl. The molecule has 5 N–H and O–H groups in total. The first-order chi connectivity index (χ1) is 7.95. The smallest absolute Gasteiger partial charge is 0.245 e. The quantitative estimate of drug-likeness (QED) is 0.631. The number of carbonyl (C=O) groups excluding carboxylic acids is 1. The van der Waals surface area contributed by atoms with Crippen LogP contribution in [0.2, 0.25) is 5.02 Å². The third kappa shape index (κ3) is 3.59. The minimum atomic E-state index is -0.590. The average Bonchev–Trinajstić information content (AvgIpc) is 2.30. The topological polar surface area (TPSA) is 95.6 Å². The van der Waals surface area contributed by atoms with Crippen LogP contribution in [0.25, 0.3) is 0 Å². The van der Waals surface area contributed by atoms with Gasteiger partial charge in [0, 0.05) is 17.1 Å². The summed E-state index contributed by atoms with van der Waals surface area (Å²) in [5.74, 6) is -0.476. The van der Waals surface area contributed by atoms with E-state index in [2.05, 4.69) is 5.32 Å². The van der Waals surface area contributed by atoms with Crippen molar-refractivity contribution in [1.29, 1.82) is 0 Å². The van der Waals surface area contributed by atoms with Crippen LogP contribution in [-0.4, -0.2) is 29.3 Å². The van der Waals surface area contributed by atoms with E-state index in [0.717, 1.165) is 5.56 Å². The molecule has 0 spiro atoms. The van der Waals surface area contributed by atoms with E-state index in [1.165, 1.54) is 6.07 Å². The highest BCUT2D eigenvalue weighted by molar-refractivity contribution is 6.31. The normalized spacial score (nSPS) is 12.2. The maximum atomic E-state index is 10.8. The van der Waals surface area contributed by atoms with Gasteiger partial charge in [-0.3, -0.25) is 4.79 Å². The van der Waals surface area contributed by atoms with E-state index in [1.807, 2.05) is 0 Å². The third-order valence-corrected chi connectivity index (χ3v) is 2.78. The van der Waals surface area contributed by atoms with Crippen molar-refractivity contribution in [3.05, 3.63) is 28.3 Å². The zero-order valence-corrected chi connectivity index (χ0v) is 10.2. The number of aromatic hydroxyl groups is 1. The van der Waals surface area contributed by atoms with Crippen molar-refractivity contribution >= 4 is 17.5 Å². The van der Waals surface area contributed by atoms with Crippen molar-refractivity contribution in [3.8, 4) is 5.75 Å². The second kappa shape index (κ2) is 5.86. The minimum Gasteiger partial charge on any atom is -0.508 e. The molecule has 0 fully saturated rings. The second-order valence-corrected chi connectivity index (χ2v) is 4.14. The van der Waals surface area contributed by atoms with Gasteiger partial charge in [0.2, 0.25) is 5.91 Å². The standard InChI is InChI=1S/C11H15ClN2O3/c1-6-2-10(16)7(3-8(6)12)9(13)4-14-11(17)5-15/h2-3,9,15-16H,4-5,13H2,1H3,(H,14,17). The first kappa shape index (κ1) is 13.8. The predicted molar refractivity (Wildman–Crippen MR) is 64.9 cm³/mol. The number of rotatable bonds is 4. The second-order valence-electron chi connectivity index (χ2n) is 3.73. The monoisotopic (exact) mass is 258 g/mol. The Hall–Kier alpha value is -1.30. The molecule has 6 heteroatoms. The van der Waals surface area contributed by atoms with Gasteiger partial charge in [0.05, 0.1) is 6.04 Å². The van der Waals surface area contributed by atoms with Gasteiger partial charge in [-0.05, 0) is 24.6 Å². The summed E-state index contributed by atoms with van der Waals surface area (Å²) in [5, 5.41) is 21.2. The van der Waals surface area contributed by atoms with Crippen molar-refractivity contribution < 1.29 is 15.0 Å². The van der Waals surface area contributed by atoms with Crippen LogP contribution in [0.4, 0.5) is 0 Å². The van der Waals surface area contributed by atoms with E-state index in [1.54, 1.807) is 13.0 Å². The highest BCUT2D eigenvalue weighted by Crippen LogP contribution is 2.28. The summed E-state index contributed by atoms with van der Waals surface area (Å²) in [4.78, 5) is 10.8. The van der Waals surface area contributed by atoms with Gasteiger partial charge in [0.1, 0.15) is 12.4 Å². The number of nitrogens with two attached hydrogens (primary N) is 1. The average molecular weight is 259 g/mol. The molecule has 1 aromatic rings. The van der Waals surface area contributed by atoms with Gasteiger partial charge in [0.25, 0.3) is 0 Å². The summed E-state index contributed by atoms with van der Waals surface area (Å²) < 4.78 is 0. The van der Waals surface area contributed by atoms with Crippen LogP contribution < -0.4 is 11.1 Å². The highest BCUT2D eigenvalue weighted by Gasteiger charge is 2.13. The lowest BCUT2D eigenvalue weighted by molar-refractivity contribution is -0.123. The Bertz CT molecular complexity index is 423. The zero-order valence-electron chi connectivity index (χ0n) is 9.40. The van der Waals surface area contributed by atoms with Crippen LogP contribution in [0.15, 0.2) is 12.1 Å². The number of aryl methyl sites for hydroxylation is 1. The lowest BCUT2D eigenvalue weighted by Crippen LogP contribution is -2.33. The molecule has 0 heterocycles. The number of halogens is 1. The Kier molecular flexibility index (Phi) is 4.74. The molecule has 0 aliphatic heterocycles. The van der Waals surface area contributed by atoms with Crippen LogP contribution in [0, 0.1) is 6.92 Å². The van der Waals surface area contributed by atoms with E-state index in [0.29, 0.717) is 10.6 Å². The number of carbonyl (C=O) groups is 1. The molecular formula is C11H15ClN2O3. The van der Waals surface area contributed by atoms with Crippen LogP contribution in [0.5, 0.6) is 5.75 Å². The predicted octanol–water partition coefficient (Wildman–Crippen LogP) is 0.462. The summed E-state index contributed by atoms with van der Waals surface area (Å²) in [7, 11) is 0. The minimum absolute atomic E-state index is 0.0395. The van der Waals surface area contributed by atoms with Crippen molar-refractivity contribution in [2.24, 2.45) is 5.73 Å². The lowest BCUT2D eigenvalue weighted by Gasteiger charge is -2.15. The molecule has 1 unspecified atom stereocenters. The Morgan fingerprint density at radius 1 is 1.59 bits per heavy atom. The van der Waals surface area contributed by atoms with E-state index in [4.69, 9.17) is 22.4 Å². The maximum absolute atomic E-state index is 10.8. The Morgan fingerprint density at radius 2 is 2.24 bits per heavy atom. The van der Waals surface area contributed by atoms with E-state index in [9.17, 15) is 9.90 Å². The van der Waals surface area contributed by atoms with E-state index >= 15 is 0 Å². The summed E-state index contributed by atoms with van der Waals surface area (Å²) in [6.45, 7) is 1.30. The molecule has 0 saturated carbocycles. The van der Waals surface area contributed by atoms with Crippen molar-refractivity contribution in [1.82, 2.24) is 5.32 Å². The molecule has 1 rings (SSSR count). The molecule has 0 saturated heterocycles. The van der Waals surface area contributed by atoms with E-state index < -0.39 is 18.6 Å². The van der Waals surface area contributed by atoms with Gasteiger partial charge < -0.3 is 21.3 Å². The van der Waals surface area contributed by atoms with Gasteiger partial charge in [-0.1, -0.05) is 11.6 Å². The molecule has 0 aromatic heterocycles. The lowest BCUT2D eigenvalue weighted by atomic mass is 10.0. The summed E-state index contributed by atoms with van der Waals surface area (Å²) in [5.41, 5.74) is 7.01. The Balaban J connectivity index is 2.78. The Labute approximate surface area is 104 Å². The number of nitrogens with one attached hydrogen (secondary N) is 1. The largest absolute Gasteiger partial charge is 0.508 e. The molecule has 1 aromatic carbocycles. The number of aliphatic hydroxyl groups is 1. The molecule has 5 nitrogen and oxygen atoms in total. The van der Waals surface area contributed by atoms with Gasteiger partial charge in [-0.15, -0.1) is 0 Å².